The van der Waals surface area contributed by atoms with Crippen molar-refractivity contribution in [2.45, 2.75) is 13.8 Å². The SMILES string of the molecule is Cc1cn(-c2nccc3[nH]c(-c4n[nH]c5ccc(-c6cnc(C)[nH]6)cc45)cc23)cn1. The number of aryl methyl sites for hydroxylation is 2. The Balaban J connectivity index is 1.52. The normalized spacial score (nSPS) is 11.7. The van der Waals surface area contributed by atoms with Gasteiger partial charge in [-0.3, -0.25) is 9.67 Å². The Morgan fingerprint density at radius 1 is 0.867 bits per heavy atom. The van der Waals surface area contributed by atoms with Crippen LogP contribution in [0.2, 0.25) is 0 Å². The highest BCUT2D eigenvalue weighted by molar-refractivity contribution is 5.98. The molecule has 0 aliphatic carbocycles. The highest BCUT2D eigenvalue weighted by Crippen LogP contribution is 2.32. The third-order valence-corrected chi connectivity index (χ3v) is 5.32. The quantitative estimate of drug-likeness (QED) is 0.416. The van der Waals surface area contributed by atoms with E-state index in [0.29, 0.717) is 0 Å². The largest absolute Gasteiger partial charge is 0.353 e. The smallest absolute Gasteiger partial charge is 0.147 e. The fraction of sp³-hybridized carbons (Fsp3) is 0.0909. The van der Waals surface area contributed by atoms with Gasteiger partial charge in [-0.05, 0) is 38.1 Å². The van der Waals surface area contributed by atoms with Gasteiger partial charge in [0.25, 0.3) is 0 Å². The maximum Gasteiger partial charge on any atom is 0.147 e. The summed E-state index contributed by atoms with van der Waals surface area (Å²) in [6.07, 6.45) is 7.41. The molecule has 1 aromatic carbocycles. The molecule has 8 heteroatoms. The molecule has 6 aromatic rings. The van der Waals surface area contributed by atoms with Crippen LogP contribution in [0.25, 0.3) is 50.3 Å². The summed E-state index contributed by atoms with van der Waals surface area (Å²) < 4.78 is 1.94. The predicted molar refractivity (Wildman–Crippen MR) is 115 cm³/mol. The van der Waals surface area contributed by atoms with Crippen molar-refractivity contribution in [3.63, 3.8) is 0 Å². The number of H-pyrrole nitrogens is 3. The van der Waals surface area contributed by atoms with Crippen molar-refractivity contribution in [2.75, 3.05) is 0 Å². The fourth-order valence-corrected chi connectivity index (χ4v) is 3.86. The Morgan fingerprint density at radius 2 is 1.80 bits per heavy atom. The lowest BCUT2D eigenvalue weighted by Gasteiger charge is -2.01. The summed E-state index contributed by atoms with van der Waals surface area (Å²) in [6.45, 7) is 3.91. The first kappa shape index (κ1) is 16.7. The summed E-state index contributed by atoms with van der Waals surface area (Å²) in [5.41, 5.74) is 6.78. The molecule has 6 rings (SSSR count). The van der Waals surface area contributed by atoms with Crippen molar-refractivity contribution in [1.82, 2.24) is 39.7 Å². The van der Waals surface area contributed by atoms with Gasteiger partial charge >= 0.3 is 0 Å². The van der Waals surface area contributed by atoms with E-state index in [0.717, 1.165) is 61.8 Å². The van der Waals surface area contributed by atoms with Crippen LogP contribution in [0.3, 0.4) is 0 Å². The van der Waals surface area contributed by atoms with E-state index in [2.05, 4.69) is 53.3 Å². The number of fused-ring (bicyclic) bond motifs is 2. The van der Waals surface area contributed by atoms with Gasteiger partial charge in [0.05, 0.1) is 34.3 Å². The van der Waals surface area contributed by atoms with Gasteiger partial charge < -0.3 is 9.97 Å². The van der Waals surface area contributed by atoms with Crippen molar-refractivity contribution in [1.29, 1.82) is 0 Å². The number of imidazole rings is 2. The molecule has 0 fully saturated rings. The Labute approximate surface area is 171 Å². The molecule has 0 atom stereocenters. The van der Waals surface area contributed by atoms with E-state index in [-0.39, 0.29) is 0 Å². The molecule has 0 bridgehead atoms. The second-order valence-corrected chi connectivity index (χ2v) is 7.42. The highest BCUT2D eigenvalue weighted by Gasteiger charge is 2.15. The molecule has 0 saturated carbocycles. The minimum absolute atomic E-state index is 0.837. The Bertz CT molecular complexity index is 1530. The van der Waals surface area contributed by atoms with Crippen LogP contribution in [0.15, 0.2) is 55.2 Å². The second kappa shape index (κ2) is 6.15. The van der Waals surface area contributed by atoms with E-state index >= 15 is 0 Å². The van der Waals surface area contributed by atoms with Gasteiger partial charge in [0.2, 0.25) is 0 Å². The number of rotatable bonds is 3. The summed E-state index contributed by atoms with van der Waals surface area (Å²) in [6, 6.07) is 10.3. The van der Waals surface area contributed by atoms with Crippen LogP contribution in [-0.2, 0) is 0 Å². The number of pyridine rings is 1. The minimum atomic E-state index is 0.837. The average Bonchev–Trinajstić information content (AvgIpc) is 3.52. The summed E-state index contributed by atoms with van der Waals surface area (Å²) in [5, 5.41) is 9.78. The maximum atomic E-state index is 4.59. The molecule has 0 aliphatic heterocycles. The van der Waals surface area contributed by atoms with E-state index in [1.54, 1.807) is 12.5 Å². The molecule has 0 spiro atoms. The monoisotopic (exact) mass is 394 g/mol. The first-order valence-corrected chi connectivity index (χ1v) is 9.65. The van der Waals surface area contributed by atoms with Crippen LogP contribution < -0.4 is 0 Å². The third-order valence-electron chi connectivity index (χ3n) is 5.32. The van der Waals surface area contributed by atoms with Gasteiger partial charge in [-0.25, -0.2) is 15.0 Å². The van der Waals surface area contributed by atoms with E-state index in [9.17, 15) is 0 Å². The van der Waals surface area contributed by atoms with Gasteiger partial charge in [-0.2, -0.15) is 5.10 Å². The Morgan fingerprint density at radius 3 is 2.60 bits per heavy atom. The lowest BCUT2D eigenvalue weighted by molar-refractivity contribution is 1.01. The molecule has 5 heterocycles. The van der Waals surface area contributed by atoms with Crippen LogP contribution in [0.4, 0.5) is 0 Å². The zero-order valence-corrected chi connectivity index (χ0v) is 16.4. The molecule has 0 radical (unpaired) electrons. The van der Waals surface area contributed by atoms with Crippen LogP contribution in [0, 0.1) is 13.8 Å². The fourth-order valence-electron chi connectivity index (χ4n) is 3.86. The molecule has 0 unspecified atom stereocenters. The molecule has 0 saturated heterocycles. The van der Waals surface area contributed by atoms with Gasteiger partial charge in [-0.15, -0.1) is 0 Å². The third kappa shape index (κ3) is 2.54. The Kier molecular flexibility index (Phi) is 3.43. The van der Waals surface area contributed by atoms with Crippen molar-refractivity contribution < 1.29 is 0 Å². The molecule has 0 aliphatic rings. The van der Waals surface area contributed by atoms with Crippen LogP contribution >= 0.6 is 0 Å². The molecule has 30 heavy (non-hydrogen) atoms. The number of hydrogen-bond acceptors (Lipinski definition) is 4. The number of benzene rings is 1. The van der Waals surface area contributed by atoms with E-state index < -0.39 is 0 Å². The van der Waals surface area contributed by atoms with Crippen molar-refractivity contribution in [3.8, 4) is 28.5 Å². The molecule has 0 amide bonds. The molecule has 146 valence electrons. The lowest BCUT2D eigenvalue weighted by Crippen LogP contribution is -1.94. The first-order chi connectivity index (χ1) is 14.7. The number of nitrogens with zero attached hydrogens (tertiary/aromatic N) is 5. The molecule has 5 aromatic heterocycles. The maximum absolute atomic E-state index is 4.59. The number of aromatic amines is 3. The molecular weight excluding hydrogens is 376 g/mol. The average molecular weight is 394 g/mol. The van der Waals surface area contributed by atoms with Gasteiger partial charge in [0.1, 0.15) is 23.7 Å². The van der Waals surface area contributed by atoms with Gasteiger partial charge in [0.15, 0.2) is 0 Å². The van der Waals surface area contributed by atoms with E-state index in [1.807, 2.05) is 42.9 Å². The summed E-state index contributed by atoms with van der Waals surface area (Å²) in [7, 11) is 0. The molecule has 3 N–H and O–H groups in total. The number of hydrogen-bond donors (Lipinski definition) is 3. The number of aromatic nitrogens is 8. The standard InChI is InChI=1S/C22H18N8/c1-12-10-30(11-25-12)22-16-8-19(27-17(16)5-6-23-22)21-15-7-14(3-4-18(15)28-29-21)20-9-24-13(2)26-20/h3-11,27H,1-2H3,(H,24,26)(H,28,29). The predicted octanol–water partition coefficient (Wildman–Crippen LogP) is 4.30. The van der Waals surface area contributed by atoms with Crippen molar-refractivity contribution >= 4 is 21.8 Å². The zero-order chi connectivity index (χ0) is 20.2. The van der Waals surface area contributed by atoms with Crippen molar-refractivity contribution in [2.24, 2.45) is 0 Å². The summed E-state index contributed by atoms with van der Waals surface area (Å²) in [5.74, 6) is 1.73. The first-order valence-electron chi connectivity index (χ1n) is 9.65. The molecule has 8 nitrogen and oxygen atoms in total. The highest BCUT2D eigenvalue weighted by atomic mass is 15.1. The van der Waals surface area contributed by atoms with E-state index in [4.69, 9.17) is 0 Å². The zero-order valence-electron chi connectivity index (χ0n) is 16.4. The minimum Gasteiger partial charge on any atom is -0.353 e. The van der Waals surface area contributed by atoms with Crippen LogP contribution in [0.1, 0.15) is 11.5 Å². The van der Waals surface area contributed by atoms with E-state index in [1.165, 1.54) is 0 Å². The number of nitrogens with one attached hydrogen (secondary N) is 3. The van der Waals surface area contributed by atoms with Gasteiger partial charge in [0, 0.05) is 28.7 Å². The molecular formula is C22H18N8. The Hall–Kier alpha value is -4.20. The topological polar surface area (TPSA) is 104 Å². The summed E-state index contributed by atoms with van der Waals surface area (Å²) >= 11 is 0. The second-order valence-electron chi connectivity index (χ2n) is 7.42. The summed E-state index contributed by atoms with van der Waals surface area (Å²) in [4.78, 5) is 20.0. The van der Waals surface area contributed by atoms with Gasteiger partial charge in [-0.1, -0.05) is 6.07 Å². The van der Waals surface area contributed by atoms with Crippen LogP contribution in [0.5, 0.6) is 0 Å². The lowest BCUT2D eigenvalue weighted by atomic mass is 10.1. The van der Waals surface area contributed by atoms with Crippen molar-refractivity contribution in [3.05, 3.63) is 66.8 Å². The van der Waals surface area contributed by atoms with Crippen LogP contribution in [-0.4, -0.2) is 39.7 Å².